The second-order valence-corrected chi connectivity index (χ2v) is 3.68. The zero-order valence-corrected chi connectivity index (χ0v) is 14.4. The van der Waals surface area contributed by atoms with E-state index in [9.17, 15) is 14.4 Å². The molecule has 0 unspecified atom stereocenters. The van der Waals surface area contributed by atoms with Crippen LogP contribution in [0.2, 0.25) is 0 Å². The molecule has 10 nitrogen and oxygen atoms in total. The molecule has 0 aliphatic carbocycles. The van der Waals surface area contributed by atoms with Crippen LogP contribution in [0, 0.1) is 0 Å². The van der Waals surface area contributed by atoms with Gasteiger partial charge in [-0.05, 0) is 13.3 Å². The number of ketones is 1. The van der Waals surface area contributed by atoms with E-state index in [0.717, 1.165) is 6.42 Å². The highest BCUT2D eigenvalue weighted by molar-refractivity contribution is 5.80. The summed E-state index contributed by atoms with van der Waals surface area (Å²) in [6.07, 6.45) is 2.03. The molecule has 0 aromatic heterocycles. The summed E-state index contributed by atoms with van der Waals surface area (Å²) in [7, 11) is 2.83. The normalized spacial score (nSPS) is 7.75. The van der Waals surface area contributed by atoms with Crippen LogP contribution in [0.3, 0.4) is 0 Å². The van der Waals surface area contributed by atoms with Crippen LogP contribution in [0.5, 0.6) is 0 Å². The molecular weight excluding hydrogens is 328 g/mol. The van der Waals surface area contributed by atoms with Crippen molar-refractivity contribution in [2.75, 3.05) is 27.8 Å². The molecule has 2 N–H and O–H groups in total. The third-order valence-electron chi connectivity index (χ3n) is 1.70. The standard InChI is InChI=1S/C7H12O4.C5H10O2.CH4O2.CO2/c1-6(8)3-4-7(9)11-5-10-2;1-3-4-5(6)7-2;2*2-1-3/h3-5H2,1-2H3;3-4H2,1-2H3;2-3H,1H2;. The Kier molecular flexibility index (Phi) is 36.0. The minimum absolute atomic E-state index is 0.0145. The first-order chi connectivity index (χ1) is 11.3. The van der Waals surface area contributed by atoms with Gasteiger partial charge in [0, 0.05) is 20.0 Å². The van der Waals surface area contributed by atoms with Gasteiger partial charge < -0.3 is 29.2 Å². The van der Waals surface area contributed by atoms with Crippen LogP contribution in [0.15, 0.2) is 0 Å². The Bertz CT molecular complexity index is 334. The molecule has 0 amide bonds. The quantitative estimate of drug-likeness (QED) is 0.464. The molecule has 24 heavy (non-hydrogen) atoms. The maximum atomic E-state index is 10.7. The topological polar surface area (TPSA) is 153 Å². The summed E-state index contributed by atoms with van der Waals surface area (Å²) in [5.41, 5.74) is 0. The zero-order chi connectivity index (χ0) is 19.8. The Labute approximate surface area is 140 Å². The number of esters is 2. The number of hydrogen-bond donors (Lipinski definition) is 2. The number of aliphatic hydroxyl groups excluding tert-OH is 1. The molecule has 0 saturated carbocycles. The fourth-order valence-electron chi connectivity index (χ4n) is 0.781. The fourth-order valence-corrected chi connectivity index (χ4v) is 0.781. The summed E-state index contributed by atoms with van der Waals surface area (Å²) in [4.78, 5) is 47.5. The van der Waals surface area contributed by atoms with Crippen molar-refractivity contribution in [1.82, 2.24) is 0 Å². The number of rotatable bonds is 7. The molecule has 0 aliphatic heterocycles. The van der Waals surface area contributed by atoms with E-state index in [0.29, 0.717) is 6.42 Å². The first kappa shape index (κ1) is 29.8. The molecule has 0 fully saturated rings. The Hall–Kier alpha value is -2.13. The van der Waals surface area contributed by atoms with E-state index in [1.54, 1.807) is 0 Å². The van der Waals surface area contributed by atoms with Gasteiger partial charge in [-0.1, -0.05) is 6.92 Å². The van der Waals surface area contributed by atoms with Crippen LogP contribution < -0.4 is 0 Å². The van der Waals surface area contributed by atoms with Crippen LogP contribution in [0.25, 0.3) is 0 Å². The second-order valence-electron chi connectivity index (χ2n) is 3.68. The zero-order valence-electron chi connectivity index (χ0n) is 14.4. The van der Waals surface area contributed by atoms with Crippen LogP contribution in [0.4, 0.5) is 0 Å². The number of hydrogen-bond acceptors (Lipinski definition) is 10. The molecule has 0 heterocycles. The van der Waals surface area contributed by atoms with E-state index in [2.05, 4.69) is 14.2 Å². The molecule has 0 aromatic carbocycles. The van der Waals surface area contributed by atoms with Crippen molar-refractivity contribution < 1.29 is 48.4 Å². The fraction of sp³-hybridized carbons (Fsp3) is 0.714. The van der Waals surface area contributed by atoms with Crippen molar-refractivity contribution in [3.05, 3.63) is 0 Å². The van der Waals surface area contributed by atoms with E-state index in [1.165, 1.54) is 21.1 Å². The van der Waals surface area contributed by atoms with Gasteiger partial charge in [0.1, 0.15) is 12.6 Å². The van der Waals surface area contributed by atoms with E-state index < -0.39 is 12.8 Å². The highest BCUT2D eigenvalue weighted by Crippen LogP contribution is 1.93. The number of Topliss-reactive ketones (excluding diaryl/α,β-unsaturated/α-hetero) is 1. The van der Waals surface area contributed by atoms with Crippen LogP contribution in [-0.2, 0) is 38.2 Å². The van der Waals surface area contributed by atoms with Gasteiger partial charge in [-0.3, -0.25) is 9.59 Å². The van der Waals surface area contributed by atoms with Gasteiger partial charge in [0.25, 0.3) is 0 Å². The van der Waals surface area contributed by atoms with Crippen molar-refractivity contribution in [3.63, 3.8) is 0 Å². The first-order valence-corrected chi connectivity index (χ1v) is 6.72. The molecule has 0 aromatic rings. The molecule has 142 valence electrons. The smallest absolute Gasteiger partial charge is 0.373 e. The molecule has 10 heteroatoms. The lowest BCUT2D eigenvalue weighted by atomic mass is 10.2. The van der Waals surface area contributed by atoms with Crippen LogP contribution in [0.1, 0.15) is 39.5 Å². The van der Waals surface area contributed by atoms with Crippen molar-refractivity contribution in [1.29, 1.82) is 0 Å². The SMILES string of the molecule is CCCC(=O)OC.COCOC(=O)CCC(C)=O.O=C=O.OCO. The minimum atomic E-state index is -0.750. The molecular formula is C14H26O10. The van der Waals surface area contributed by atoms with Crippen molar-refractivity contribution >= 4 is 23.9 Å². The van der Waals surface area contributed by atoms with Crippen LogP contribution in [-0.4, -0.2) is 61.9 Å². The summed E-state index contributed by atoms with van der Waals surface area (Å²) in [6, 6.07) is 0. The van der Waals surface area contributed by atoms with Gasteiger partial charge in [-0.25, -0.2) is 0 Å². The number of carbonyl (C=O) groups excluding carboxylic acids is 5. The Morgan fingerprint density at radius 2 is 1.42 bits per heavy atom. The number of methoxy groups -OCH3 is 2. The maximum Gasteiger partial charge on any atom is 0.373 e. The predicted molar refractivity (Wildman–Crippen MR) is 79.1 cm³/mol. The largest absolute Gasteiger partial charge is 0.469 e. The van der Waals surface area contributed by atoms with E-state index >= 15 is 0 Å². The molecule has 0 radical (unpaired) electrons. The van der Waals surface area contributed by atoms with Crippen LogP contribution >= 0.6 is 0 Å². The lowest BCUT2D eigenvalue weighted by Crippen LogP contribution is -2.08. The van der Waals surface area contributed by atoms with Crippen molar-refractivity contribution in [2.24, 2.45) is 0 Å². The molecule has 0 saturated heterocycles. The average Bonchev–Trinajstić information content (AvgIpc) is 2.53. The highest BCUT2D eigenvalue weighted by atomic mass is 16.7. The van der Waals surface area contributed by atoms with Gasteiger partial charge in [0.2, 0.25) is 0 Å². The van der Waals surface area contributed by atoms with E-state index in [-0.39, 0.29) is 37.5 Å². The average molecular weight is 354 g/mol. The second kappa shape index (κ2) is 29.0. The Morgan fingerprint density at radius 1 is 0.958 bits per heavy atom. The van der Waals surface area contributed by atoms with Gasteiger partial charge in [-0.2, -0.15) is 9.59 Å². The number of aliphatic hydroxyl groups is 2. The lowest BCUT2D eigenvalue weighted by molar-refractivity contribution is -0.191. The Morgan fingerprint density at radius 3 is 1.67 bits per heavy atom. The first-order valence-electron chi connectivity index (χ1n) is 6.72. The van der Waals surface area contributed by atoms with Crippen molar-refractivity contribution in [2.45, 2.75) is 39.5 Å². The molecule has 0 rings (SSSR count). The minimum Gasteiger partial charge on any atom is -0.469 e. The summed E-state index contributed by atoms with van der Waals surface area (Å²) in [6.45, 7) is 2.58. The molecule has 0 spiro atoms. The highest BCUT2D eigenvalue weighted by Gasteiger charge is 2.03. The number of ether oxygens (including phenoxy) is 3. The summed E-state index contributed by atoms with van der Waals surface area (Å²) >= 11 is 0. The third-order valence-corrected chi connectivity index (χ3v) is 1.70. The molecule has 0 aliphatic rings. The number of carbonyl (C=O) groups is 3. The monoisotopic (exact) mass is 354 g/mol. The van der Waals surface area contributed by atoms with E-state index in [1.807, 2.05) is 6.92 Å². The van der Waals surface area contributed by atoms with E-state index in [4.69, 9.17) is 19.8 Å². The van der Waals surface area contributed by atoms with Gasteiger partial charge >= 0.3 is 18.1 Å². The van der Waals surface area contributed by atoms with Gasteiger partial charge in [0.05, 0.1) is 13.5 Å². The van der Waals surface area contributed by atoms with Crippen molar-refractivity contribution in [3.8, 4) is 0 Å². The lowest BCUT2D eigenvalue weighted by Gasteiger charge is -2.00. The molecule has 0 bridgehead atoms. The molecule has 0 atom stereocenters. The van der Waals surface area contributed by atoms with Gasteiger partial charge in [-0.15, -0.1) is 0 Å². The predicted octanol–water partition coefficient (Wildman–Crippen LogP) is -0.193. The maximum absolute atomic E-state index is 10.7. The Balaban J connectivity index is -0.000000131. The summed E-state index contributed by atoms with van der Waals surface area (Å²) < 4.78 is 13.4. The third kappa shape index (κ3) is 50.2. The van der Waals surface area contributed by atoms with Gasteiger partial charge in [0.15, 0.2) is 6.79 Å². The summed E-state index contributed by atoms with van der Waals surface area (Å²) in [5.74, 6) is -0.538. The summed E-state index contributed by atoms with van der Waals surface area (Å²) in [5, 5.41) is 14.2.